The molecule has 4 rings (SSSR count). The molecule has 2 aromatic rings. The number of aromatic nitrogens is 5. The molecule has 2 aliphatic rings. The Morgan fingerprint density at radius 1 is 1.26 bits per heavy atom. The van der Waals surface area contributed by atoms with Gasteiger partial charge in [-0.2, -0.15) is 0 Å². The zero-order valence-corrected chi connectivity index (χ0v) is 13.5. The molecule has 122 valence electrons. The number of fused-ring (bicyclic) bond motifs is 1. The van der Waals surface area contributed by atoms with Crippen LogP contribution in [0.25, 0.3) is 0 Å². The maximum absolute atomic E-state index is 4.65. The lowest BCUT2D eigenvalue weighted by atomic mass is 9.94. The predicted molar refractivity (Wildman–Crippen MR) is 87.3 cm³/mol. The zero-order valence-electron chi connectivity index (χ0n) is 13.5. The van der Waals surface area contributed by atoms with Gasteiger partial charge in [-0.15, -0.1) is 10.2 Å². The standard InChI is InChI=1S/C16H23N7/c1-11-19-13(12-4-6-17-7-5-12)9-14(20-11)18-10-16-22-21-15-3-2-8-23(15)16/h9,12,17H,2-8,10H2,1H3,(H,18,19,20). The van der Waals surface area contributed by atoms with Gasteiger partial charge < -0.3 is 15.2 Å². The summed E-state index contributed by atoms with van der Waals surface area (Å²) >= 11 is 0. The molecule has 0 saturated carbocycles. The van der Waals surface area contributed by atoms with E-state index in [1.807, 2.05) is 6.92 Å². The average molecular weight is 313 g/mol. The van der Waals surface area contributed by atoms with Crippen LogP contribution in [0.5, 0.6) is 0 Å². The van der Waals surface area contributed by atoms with Gasteiger partial charge in [0.05, 0.1) is 6.54 Å². The molecule has 1 saturated heterocycles. The third-order valence-corrected chi connectivity index (χ3v) is 4.73. The van der Waals surface area contributed by atoms with Crippen molar-refractivity contribution in [2.75, 3.05) is 18.4 Å². The molecule has 0 aliphatic carbocycles. The molecule has 1 fully saturated rings. The lowest BCUT2D eigenvalue weighted by Gasteiger charge is -2.22. The number of hydrogen-bond acceptors (Lipinski definition) is 6. The van der Waals surface area contributed by atoms with Crippen molar-refractivity contribution >= 4 is 5.82 Å². The minimum absolute atomic E-state index is 0.538. The second-order valence-corrected chi connectivity index (χ2v) is 6.39. The smallest absolute Gasteiger partial charge is 0.152 e. The normalized spacial score (nSPS) is 18.1. The Hall–Kier alpha value is -2.02. The minimum atomic E-state index is 0.538. The van der Waals surface area contributed by atoms with Crippen molar-refractivity contribution in [3.63, 3.8) is 0 Å². The van der Waals surface area contributed by atoms with Gasteiger partial charge in [0.15, 0.2) is 5.82 Å². The van der Waals surface area contributed by atoms with E-state index in [0.29, 0.717) is 12.5 Å². The van der Waals surface area contributed by atoms with E-state index in [1.165, 1.54) is 6.42 Å². The number of hydrogen-bond donors (Lipinski definition) is 2. The van der Waals surface area contributed by atoms with Crippen LogP contribution in [0.1, 0.15) is 48.3 Å². The predicted octanol–water partition coefficient (Wildman–Crippen LogP) is 1.40. The average Bonchev–Trinajstić information content (AvgIpc) is 3.17. The van der Waals surface area contributed by atoms with Crippen LogP contribution in [0.15, 0.2) is 6.07 Å². The zero-order chi connectivity index (χ0) is 15.6. The Morgan fingerprint density at radius 3 is 3.00 bits per heavy atom. The lowest BCUT2D eigenvalue weighted by Crippen LogP contribution is -2.27. The van der Waals surface area contributed by atoms with Crippen LogP contribution in [0, 0.1) is 6.92 Å². The molecule has 0 amide bonds. The molecular weight excluding hydrogens is 290 g/mol. The molecule has 0 spiro atoms. The van der Waals surface area contributed by atoms with E-state index >= 15 is 0 Å². The van der Waals surface area contributed by atoms with Crippen LogP contribution in [-0.4, -0.2) is 37.8 Å². The molecule has 0 atom stereocenters. The van der Waals surface area contributed by atoms with Crippen molar-refractivity contribution in [2.45, 2.75) is 51.6 Å². The van der Waals surface area contributed by atoms with Crippen molar-refractivity contribution in [1.82, 2.24) is 30.0 Å². The van der Waals surface area contributed by atoms with Crippen LogP contribution < -0.4 is 10.6 Å². The SMILES string of the molecule is Cc1nc(NCc2nnc3n2CCC3)cc(C2CCNCC2)n1. The number of anilines is 1. The summed E-state index contributed by atoms with van der Waals surface area (Å²) in [7, 11) is 0. The molecule has 2 aliphatic heterocycles. The Morgan fingerprint density at radius 2 is 2.13 bits per heavy atom. The summed E-state index contributed by atoms with van der Waals surface area (Å²) in [4.78, 5) is 9.17. The first-order valence-electron chi connectivity index (χ1n) is 8.51. The summed E-state index contributed by atoms with van der Waals surface area (Å²) < 4.78 is 2.22. The van der Waals surface area contributed by atoms with Crippen molar-refractivity contribution in [1.29, 1.82) is 0 Å². The van der Waals surface area contributed by atoms with Gasteiger partial charge in [-0.3, -0.25) is 0 Å². The van der Waals surface area contributed by atoms with Gasteiger partial charge in [0, 0.05) is 30.6 Å². The maximum atomic E-state index is 4.65. The van der Waals surface area contributed by atoms with E-state index in [0.717, 1.165) is 67.9 Å². The number of nitrogens with one attached hydrogen (secondary N) is 2. The molecule has 7 nitrogen and oxygen atoms in total. The number of piperidine rings is 1. The first-order chi connectivity index (χ1) is 11.3. The highest BCUT2D eigenvalue weighted by molar-refractivity contribution is 5.37. The molecule has 4 heterocycles. The van der Waals surface area contributed by atoms with Gasteiger partial charge in [-0.05, 0) is 39.3 Å². The van der Waals surface area contributed by atoms with Crippen molar-refractivity contribution in [2.24, 2.45) is 0 Å². The van der Waals surface area contributed by atoms with Crippen molar-refractivity contribution in [3.05, 3.63) is 29.2 Å². The highest BCUT2D eigenvalue weighted by Gasteiger charge is 2.19. The summed E-state index contributed by atoms with van der Waals surface area (Å²) in [5.41, 5.74) is 1.16. The van der Waals surface area contributed by atoms with Gasteiger partial charge >= 0.3 is 0 Å². The van der Waals surface area contributed by atoms with Gasteiger partial charge in [-0.1, -0.05) is 0 Å². The fraction of sp³-hybridized carbons (Fsp3) is 0.625. The third-order valence-electron chi connectivity index (χ3n) is 4.73. The van der Waals surface area contributed by atoms with E-state index < -0.39 is 0 Å². The first kappa shape index (κ1) is 14.6. The molecule has 2 N–H and O–H groups in total. The molecule has 0 radical (unpaired) electrons. The van der Waals surface area contributed by atoms with Crippen LogP contribution in [-0.2, 0) is 19.5 Å². The molecule has 2 aromatic heterocycles. The summed E-state index contributed by atoms with van der Waals surface area (Å²) in [5, 5.41) is 15.3. The third kappa shape index (κ3) is 3.06. The van der Waals surface area contributed by atoms with Gasteiger partial charge in [0.1, 0.15) is 17.5 Å². The summed E-state index contributed by atoms with van der Waals surface area (Å²) in [6, 6.07) is 2.10. The number of nitrogens with zero attached hydrogens (tertiary/aromatic N) is 5. The molecule has 0 unspecified atom stereocenters. The highest BCUT2D eigenvalue weighted by Crippen LogP contribution is 2.25. The summed E-state index contributed by atoms with van der Waals surface area (Å²) in [6.45, 7) is 5.80. The first-order valence-corrected chi connectivity index (χ1v) is 8.51. The Labute approximate surface area is 135 Å². The van der Waals surface area contributed by atoms with Gasteiger partial charge in [0.25, 0.3) is 0 Å². The van der Waals surface area contributed by atoms with Crippen molar-refractivity contribution < 1.29 is 0 Å². The van der Waals surface area contributed by atoms with E-state index in [-0.39, 0.29) is 0 Å². The summed E-state index contributed by atoms with van der Waals surface area (Å²) in [6.07, 6.45) is 4.50. The fourth-order valence-electron chi connectivity index (χ4n) is 3.52. The number of aryl methyl sites for hydroxylation is 2. The second kappa shape index (κ2) is 6.23. The van der Waals surface area contributed by atoms with E-state index in [1.54, 1.807) is 0 Å². The van der Waals surface area contributed by atoms with E-state index in [4.69, 9.17) is 0 Å². The second-order valence-electron chi connectivity index (χ2n) is 6.39. The van der Waals surface area contributed by atoms with Crippen LogP contribution in [0.2, 0.25) is 0 Å². The molecular formula is C16H23N7. The van der Waals surface area contributed by atoms with E-state index in [9.17, 15) is 0 Å². The quantitative estimate of drug-likeness (QED) is 0.888. The molecule has 23 heavy (non-hydrogen) atoms. The molecule has 0 aromatic carbocycles. The Kier molecular flexibility index (Phi) is 3.95. The topological polar surface area (TPSA) is 80.5 Å². The van der Waals surface area contributed by atoms with Gasteiger partial charge in [-0.25, -0.2) is 9.97 Å². The number of rotatable bonds is 4. The van der Waals surface area contributed by atoms with Crippen LogP contribution in [0.3, 0.4) is 0 Å². The van der Waals surface area contributed by atoms with Crippen LogP contribution in [0.4, 0.5) is 5.82 Å². The maximum Gasteiger partial charge on any atom is 0.152 e. The molecule has 7 heteroatoms. The monoisotopic (exact) mass is 313 g/mol. The lowest BCUT2D eigenvalue weighted by molar-refractivity contribution is 0.452. The van der Waals surface area contributed by atoms with Crippen molar-refractivity contribution in [3.8, 4) is 0 Å². The van der Waals surface area contributed by atoms with Gasteiger partial charge in [0.2, 0.25) is 0 Å². The van der Waals surface area contributed by atoms with Crippen LogP contribution >= 0.6 is 0 Å². The minimum Gasteiger partial charge on any atom is -0.363 e. The highest BCUT2D eigenvalue weighted by atomic mass is 15.3. The largest absolute Gasteiger partial charge is 0.363 e. The fourth-order valence-corrected chi connectivity index (χ4v) is 3.52. The Bertz CT molecular complexity index is 688. The molecule has 0 bridgehead atoms. The van der Waals surface area contributed by atoms with E-state index in [2.05, 4.69) is 41.4 Å². The summed E-state index contributed by atoms with van der Waals surface area (Å²) in [5.74, 6) is 4.36. The Balaban J connectivity index is 1.48.